The van der Waals surface area contributed by atoms with Crippen molar-refractivity contribution in [2.24, 2.45) is 0 Å². The van der Waals surface area contributed by atoms with Gasteiger partial charge in [-0.15, -0.1) is 0 Å². The summed E-state index contributed by atoms with van der Waals surface area (Å²) < 4.78 is 14.6. The van der Waals surface area contributed by atoms with Crippen LogP contribution in [-0.4, -0.2) is 41.4 Å². The Hall–Kier alpha value is -3.75. The third kappa shape index (κ3) is 2.65. The number of hydrogen-bond acceptors (Lipinski definition) is 7. The van der Waals surface area contributed by atoms with Gasteiger partial charge in [0.25, 0.3) is 0 Å². The van der Waals surface area contributed by atoms with Crippen LogP contribution in [0.4, 0.5) is 0 Å². The zero-order chi connectivity index (χ0) is 20.1. The maximum absolute atomic E-state index is 5.43. The first kappa shape index (κ1) is 17.4. The zero-order valence-corrected chi connectivity index (χ0v) is 16.5. The van der Waals surface area contributed by atoms with Crippen molar-refractivity contribution in [3.8, 4) is 17.0 Å². The van der Waals surface area contributed by atoms with Crippen LogP contribution in [0.1, 0.15) is 22.8 Å². The van der Waals surface area contributed by atoms with Gasteiger partial charge >= 0.3 is 0 Å². The van der Waals surface area contributed by atoms with E-state index in [2.05, 4.69) is 35.8 Å². The lowest BCUT2D eigenvalue weighted by Gasteiger charge is -2.08. The van der Waals surface area contributed by atoms with Gasteiger partial charge in [0.15, 0.2) is 5.65 Å². The van der Waals surface area contributed by atoms with Gasteiger partial charge in [-0.2, -0.15) is 10.1 Å². The molecule has 5 rings (SSSR count). The SMILES string of the molecule is COc1ncnn2ccc(-c3cnc4nc(C)n(Cc5c(C)noc5C)c4c3)c12. The number of imidazole rings is 1. The Labute approximate surface area is 166 Å². The predicted molar refractivity (Wildman–Crippen MR) is 106 cm³/mol. The van der Waals surface area contributed by atoms with Gasteiger partial charge in [0.05, 0.1) is 24.9 Å². The molecular weight excluding hydrogens is 370 g/mol. The summed E-state index contributed by atoms with van der Waals surface area (Å²) in [6.45, 7) is 6.47. The smallest absolute Gasteiger partial charge is 0.241 e. The van der Waals surface area contributed by atoms with Gasteiger partial charge in [0.2, 0.25) is 5.88 Å². The Bertz CT molecular complexity index is 1340. The molecule has 0 spiro atoms. The molecule has 5 heterocycles. The highest BCUT2D eigenvalue weighted by atomic mass is 16.5. The molecule has 0 radical (unpaired) electrons. The van der Waals surface area contributed by atoms with E-state index in [4.69, 9.17) is 9.26 Å². The third-order valence-electron chi connectivity index (χ3n) is 5.22. The van der Waals surface area contributed by atoms with Gasteiger partial charge in [-0.1, -0.05) is 5.16 Å². The van der Waals surface area contributed by atoms with E-state index in [1.54, 1.807) is 11.6 Å². The van der Waals surface area contributed by atoms with E-state index >= 15 is 0 Å². The van der Waals surface area contributed by atoms with Gasteiger partial charge in [0, 0.05) is 29.1 Å². The second-order valence-electron chi connectivity index (χ2n) is 6.91. The Morgan fingerprint density at radius 1 is 1.17 bits per heavy atom. The fourth-order valence-corrected chi connectivity index (χ4v) is 3.66. The van der Waals surface area contributed by atoms with Gasteiger partial charge in [0.1, 0.15) is 23.4 Å². The third-order valence-corrected chi connectivity index (χ3v) is 5.22. The van der Waals surface area contributed by atoms with Crippen molar-refractivity contribution in [2.45, 2.75) is 27.3 Å². The summed E-state index contributed by atoms with van der Waals surface area (Å²) in [5.74, 6) is 2.21. The number of methoxy groups -OCH3 is 1. The van der Waals surface area contributed by atoms with Gasteiger partial charge in [-0.25, -0.2) is 14.5 Å². The van der Waals surface area contributed by atoms with E-state index in [1.807, 2.05) is 39.2 Å². The van der Waals surface area contributed by atoms with E-state index in [9.17, 15) is 0 Å². The first-order valence-electron chi connectivity index (χ1n) is 9.18. The molecule has 0 aliphatic rings. The van der Waals surface area contributed by atoms with Crippen molar-refractivity contribution in [3.63, 3.8) is 0 Å². The van der Waals surface area contributed by atoms with Crippen molar-refractivity contribution in [2.75, 3.05) is 7.11 Å². The predicted octanol–water partition coefficient (Wildman–Crippen LogP) is 3.11. The summed E-state index contributed by atoms with van der Waals surface area (Å²) in [4.78, 5) is 13.4. The molecule has 9 nitrogen and oxygen atoms in total. The van der Waals surface area contributed by atoms with Crippen molar-refractivity contribution < 1.29 is 9.26 Å². The lowest BCUT2D eigenvalue weighted by atomic mass is 10.1. The van der Waals surface area contributed by atoms with Crippen LogP contribution in [0.25, 0.3) is 27.8 Å². The quantitative estimate of drug-likeness (QED) is 0.466. The average Bonchev–Trinajstić information content (AvgIpc) is 3.39. The minimum absolute atomic E-state index is 0.514. The molecule has 0 fully saturated rings. The van der Waals surface area contributed by atoms with Crippen molar-refractivity contribution in [3.05, 3.63) is 53.7 Å². The number of rotatable bonds is 4. The number of fused-ring (bicyclic) bond motifs is 2. The van der Waals surface area contributed by atoms with Crippen LogP contribution in [0.5, 0.6) is 5.88 Å². The molecule has 0 N–H and O–H groups in total. The summed E-state index contributed by atoms with van der Waals surface area (Å²) >= 11 is 0. The number of ether oxygens (including phenoxy) is 1. The minimum Gasteiger partial charge on any atom is -0.479 e. The monoisotopic (exact) mass is 389 g/mol. The number of nitrogens with zero attached hydrogens (tertiary/aromatic N) is 7. The molecule has 29 heavy (non-hydrogen) atoms. The Kier molecular flexibility index (Phi) is 3.83. The van der Waals surface area contributed by atoms with Crippen LogP contribution in [0.15, 0.2) is 35.4 Å². The van der Waals surface area contributed by atoms with E-state index in [1.165, 1.54) is 6.33 Å². The molecule has 0 aliphatic heterocycles. The average molecular weight is 389 g/mol. The van der Waals surface area contributed by atoms with Crippen LogP contribution in [0.2, 0.25) is 0 Å². The molecule has 0 atom stereocenters. The summed E-state index contributed by atoms with van der Waals surface area (Å²) in [5.41, 5.74) is 6.26. The molecule has 5 aromatic heterocycles. The fourth-order valence-electron chi connectivity index (χ4n) is 3.66. The zero-order valence-electron chi connectivity index (χ0n) is 16.5. The lowest BCUT2D eigenvalue weighted by Crippen LogP contribution is -2.04. The Balaban J connectivity index is 1.68. The molecule has 0 aliphatic carbocycles. The first-order valence-corrected chi connectivity index (χ1v) is 9.18. The summed E-state index contributed by atoms with van der Waals surface area (Å²) in [5, 5.41) is 8.32. The highest BCUT2D eigenvalue weighted by Crippen LogP contribution is 2.31. The number of hydrogen-bond donors (Lipinski definition) is 0. The largest absolute Gasteiger partial charge is 0.479 e. The molecule has 5 aromatic rings. The van der Waals surface area contributed by atoms with E-state index in [-0.39, 0.29) is 0 Å². The normalized spacial score (nSPS) is 11.6. The number of aryl methyl sites for hydroxylation is 3. The second kappa shape index (κ2) is 6.40. The van der Waals surface area contributed by atoms with E-state index < -0.39 is 0 Å². The number of pyridine rings is 1. The summed E-state index contributed by atoms with van der Waals surface area (Å²) in [6, 6.07) is 4.07. The van der Waals surface area contributed by atoms with Gasteiger partial charge in [-0.05, 0) is 32.9 Å². The fraction of sp³-hybridized carbons (Fsp3) is 0.250. The maximum atomic E-state index is 5.43. The Morgan fingerprint density at radius 2 is 2.03 bits per heavy atom. The number of aromatic nitrogens is 7. The molecule has 146 valence electrons. The van der Waals surface area contributed by atoms with Gasteiger partial charge in [-0.3, -0.25) is 0 Å². The molecular formula is C20H19N7O2. The lowest BCUT2D eigenvalue weighted by molar-refractivity contribution is 0.392. The molecule has 0 amide bonds. The second-order valence-corrected chi connectivity index (χ2v) is 6.91. The molecule has 0 saturated heterocycles. The maximum Gasteiger partial charge on any atom is 0.241 e. The highest BCUT2D eigenvalue weighted by molar-refractivity contribution is 5.87. The molecule has 9 heteroatoms. The topological polar surface area (TPSA) is 96.2 Å². The molecule has 0 aromatic carbocycles. The van der Waals surface area contributed by atoms with Crippen LogP contribution in [-0.2, 0) is 6.54 Å². The molecule has 0 bridgehead atoms. The Morgan fingerprint density at radius 3 is 2.79 bits per heavy atom. The van der Waals surface area contributed by atoms with Gasteiger partial charge < -0.3 is 13.8 Å². The molecule has 0 unspecified atom stereocenters. The van der Waals surface area contributed by atoms with Crippen molar-refractivity contribution >= 4 is 16.7 Å². The minimum atomic E-state index is 0.514. The first-order chi connectivity index (χ1) is 14.1. The standard InChI is InChI=1S/C20H19N7O2/c1-11-16(12(2)29-25-11)9-26-13(3)24-19-17(26)7-14(8-21-19)15-5-6-27-18(15)20(28-4)22-10-23-27/h5-8,10H,9H2,1-4H3. The van der Waals surface area contributed by atoms with E-state index in [0.717, 1.165) is 45.0 Å². The van der Waals surface area contributed by atoms with Crippen molar-refractivity contribution in [1.29, 1.82) is 0 Å². The van der Waals surface area contributed by atoms with E-state index in [0.29, 0.717) is 18.1 Å². The highest BCUT2D eigenvalue weighted by Gasteiger charge is 2.17. The summed E-state index contributed by atoms with van der Waals surface area (Å²) in [6.07, 6.45) is 5.17. The van der Waals surface area contributed by atoms with Crippen LogP contribution >= 0.6 is 0 Å². The molecule has 0 saturated carbocycles. The van der Waals surface area contributed by atoms with Crippen LogP contribution < -0.4 is 4.74 Å². The van der Waals surface area contributed by atoms with Crippen LogP contribution in [0.3, 0.4) is 0 Å². The van der Waals surface area contributed by atoms with Crippen molar-refractivity contribution in [1.82, 2.24) is 34.3 Å². The summed E-state index contributed by atoms with van der Waals surface area (Å²) in [7, 11) is 1.60. The van der Waals surface area contributed by atoms with Crippen LogP contribution in [0, 0.1) is 20.8 Å².